The fourth-order valence-corrected chi connectivity index (χ4v) is 7.37. The molecule has 1 aliphatic heterocycles. The molecule has 1 aromatic carbocycles. The Kier molecular flexibility index (Phi) is 23.7. The van der Waals surface area contributed by atoms with Crippen LogP contribution in [-0.2, 0) is 64.0 Å². The van der Waals surface area contributed by atoms with Crippen LogP contribution in [0.2, 0.25) is 0 Å². The number of primary amides is 3. The molecule has 25 nitrogen and oxygen atoms in total. The minimum Gasteiger partial charge on any atom is -0.481 e. The van der Waals surface area contributed by atoms with Crippen LogP contribution in [0, 0.1) is 11.8 Å². The second-order valence-corrected chi connectivity index (χ2v) is 17.7. The first-order chi connectivity index (χ1) is 32.3. The van der Waals surface area contributed by atoms with E-state index in [0.29, 0.717) is 12.0 Å². The number of nitrogens with zero attached hydrogens (tertiary/aromatic N) is 1. The van der Waals surface area contributed by atoms with Crippen molar-refractivity contribution in [2.24, 2.45) is 34.8 Å². The molecule has 69 heavy (non-hydrogen) atoms. The predicted molar refractivity (Wildman–Crippen MR) is 244 cm³/mol. The quantitative estimate of drug-likeness (QED) is 0.0356. The summed E-state index contributed by atoms with van der Waals surface area (Å²) in [6.07, 6.45) is -2.64. The average molecular weight is 974 g/mol. The number of nitrogens with two attached hydrogens (primary N) is 4. The van der Waals surface area contributed by atoms with Gasteiger partial charge in [0.05, 0.1) is 18.9 Å². The van der Waals surface area contributed by atoms with Crippen molar-refractivity contribution in [2.45, 2.75) is 147 Å². The Bertz CT molecular complexity index is 2040. The molecule has 0 spiro atoms. The van der Waals surface area contributed by atoms with Gasteiger partial charge in [-0.25, -0.2) is 4.79 Å². The monoisotopic (exact) mass is 973 g/mol. The topological polar surface area (TPSA) is 425 Å². The van der Waals surface area contributed by atoms with E-state index in [1.165, 1.54) is 4.90 Å². The molecule has 382 valence electrons. The van der Waals surface area contributed by atoms with Crippen LogP contribution in [0.4, 0.5) is 0 Å². The van der Waals surface area contributed by atoms with Crippen LogP contribution in [0.25, 0.3) is 0 Å². The Balaban J connectivity index is 2.40. The van der Waals surface area contributed by atoms with Crippen molar-refractivity contribution in [3.05, 3.63) is 35.9 Å². The molecule has 1 aliphatic rings. The minimum absolute atomic E-state index is 0.00957. The van der Waals surface area contributed by atoms with E-state index in [1.807, 2.05) is 0 Å². The molecule has 0 aromatic heterocycles. The van der Waals surface area contributed by atoms with Gasteiger partial charge in [0.15, 0.2) is 0 Å². The molecule has 0 saturated carbocycles. The van der Waals surface area contributed by atoms with Crippen LogP contribution in [0.15, 0.2) is 30.3 Å². The van der Waals surface area contributed by atoms with E-state index in [2.05, 4.69) is 31.9 Å². The van der Waals surface area contributed by atoms with Crippen LogP contribution >= 0.6 is 0 Å². The second-order valence-electron chi connectivity index (χ2n) is 17.7. The van der Waals surface area contributed by atoms with Crippen molar-refractivity contribution >= 4 is 71.0 Å². The van der Waals surface area contributed by atoms with Crippen LogP contribution in [0.3, 0.4) is 0 Å². The van der Waals surface area contributed by atoms with Gasteiger partial charge in [-0.05, 0) is 55.9 Å². The molecule has 10 amide bonds. The summed E-state index contributed by atoms with van der Waals surface area (Å²) in [5, 5.41) is 33.3. The van der Waals surface area contributed by atoms with Crippen LogP contribution in [-0.4, -0.2) is 141 Å². The summed E-state index contributed by atoms with van der Waals surface area (Å²) in [5.74, 6) is -12.5. The number of carbonyl (C=O) groups excluding carboxylic acids is 10. The highest BCUT2D eigenvalue weighted by Gasteiger charge is 2.40. The van der Waals surface area contributed by atoms with Gasteiger partial charge in [-0.15, -0.1) is 0 Å². The lowest BCUT2D eigenvalue weighted by molar-refractivity contribution is -0.145. The summed E-state index contributed by atoms with van der Waals surface area (Å²) >= 11 is 0. The Morgan fingerprint density at radius 2 is 1.07 bits per heavy atom. The zero-order chi connectivity index (χ0) is 52.1. The van der Waals surface area contributed by atoms with Gasteiger partial charge in [-0.1, -0.05) is 58.0 Å². The maximum Gasteiger partial charge on any atom is 0.326 e. The largest absolute Gasteiger partial charge is 0.481 e. The SMILES string of the molecule is CC(C)C[C@H](NC(=O)[C@H](Cc1ccccc1)NC(=O)[C@H](CC(N)=O)NC(=O)[C@@H](N)CCC(N)=O)C(=O)N[C@@H](CC(N)=O)C(=O)N[C@@H](CC(C)C)C(=O)N1CCC[C@H]1C(=O)N[C@@H](CCC(=O)O)C(=O)O. The van der Waals surface area contributed by atoms with Crippen LogP contribution < -0.4 is 54.8 Å². The number of amides is 10. The standard InChI is InChI=1S/C44H67N11O14/c1-22(2)17-27(51-39(63)28(19-24-9-6-5-7-10-24)52-40(64)29(20-34(47)57)50-37(61)25(45)12-14-33(46)56)38(62)53-30(21-35(48)58)41(65)54-31(18-23(3)4)43(67)55-16-8-11-32(55)42(66)49-26(44(68)69)13-15-36(59)60/h5-7,9-10,22-23,25-32H,8,11-21,45H2,1-4H3,(H2,46,56)(H2,47,57)(H2,48,58)(H,49,66)(H,50,61)(H,51,63)(H,52,64)(H,53,62)(H,54,65)(H,59,60)(H,68,69)/t25-,26-,27-,28-,29-,30-,31-,32-/m0/s1. The third kappa shape index (κ3) is 20.7. The molecule has 16 N–H and O–H groups in total. The summed E-state index contributed by atoms with van der Waals surface area (Å²) in [7, 11) is 0. The third-order valence-electron chi connectivity index (χ3n) is 10.8. The summed E-state index contributed by atoms with van der Waals surface area (Å²) < 4.78 is 0. The first kappa shape index (κ1) is 57.9. The zero-order valence-corrected chi connectivity index (χ0v) is 39.2. The van der Waals surface area contributed by atoms with Crippen molar-refractivity contribution in [1.82, 2.24) is 36.8 Å². The number of likely N-dealkylation sites (tertiary alicyclic amines) is 1. The molecule has 0 radical (unpaired) electrons. The number of hydrogen-bond donors (Lipinski definition) is 12. The fourth-order valence-electron chi connectivity index (χ4n) is 7.37. The van der Waals surface area contributed by atoms with Gasteiger partial charge in [0.25, 0.3) is 0 Å². The fraction of sp³-hybridized carbons (Fsp3) is 0.591. The Morgan fingerprint density at radius 1 is 0.594 bits per heavy atom. The maximum atomic E-state index is 14.2. The molecule has 1 aromatic rings. The lowest BCUT2D eigenvalue weighted by Gasteiger charge is -2.31. The van der Waals surface area contributed by atoms with Crippen molar-refractivity contribution in [3.63, 3.8) is 0 Å². The molecule has 0 bridgehead atoms. The maximum absolute atomic E-state index is 14.2. The van der Waals surface area contributed by atoms with E-state index in [4.69, 9.17) is 28.0 Å². The van der Waals surface area contributed by atoms with Crippen molar-refractivity contribution in [3.8, 4) is 0 Å². The lowest BCUT2D eigenvalue weighted by atomic mass is 9.99. The molecular weight excluding hydrogens is 907 g/mol. The third-order valence-corrected chi connectivity index (χ3v) is 10.8. The number of nitrogens with one attached hydrogen (secondary N) is 6. The van der Waals surface area contributed by atoms with E-state index in [0.717, 1.165) is 0 Å². The highest BCUT2D eigenvalue weighted by Crippen LogP contribution is 2.21. The number of aliphatic carboxylic acids is 2. The highest BCUT2D eigenvalue weighted by atomic mass is 16.4. The lowest BCUT2D eigenvalue weighted by Crippen LogP contribution is -2.61. The average Bonchev–Trinajstić information content (AvgIpc) is 3.75. The molecule has 8 atom stereocenters. The Hall–Kier alpha value is -7.18. The van der Waals surface area contributed by atoms with Crippen molar-refractivity contribution in [2.75, 3.05) is 6.54 Å². The molecule has 25 heteroatoms. The number of hydrogen-bond acceptors (Lipinski definition) is 13. The number of rotatable bonds is 30. The molecule has 1 saturated heterocycles. The summed E-state index contributed by atoms with van der Waals surface area (Å²) in [5.41, 5.74) is 22.4. The van der Waals surface area contributed by atoms with Gasteiger partial charge < -0.3 is 69.9 Å². The van der Waals surface area contributed by atoms with Crippen LogP contribution in [0.1, 0.15) is 97.5 Å². The van der Waals surface area contributed by atoms with Gasteiger partial charge in [-0.3, -0.25) is 52.7 Å². The molecule has 2 rings (SSSR count). The predicted octanol–water partition coefficient (Wildman–Crippen LogP) is -3.49. The van der Waals surface area contributed by atoms with E-state index >= 15 is 0 Å². The van der Waals surface area contributed by atoms with Gasteiger partial charge in [0.2, 0.25) is 59.1 Å². The molecule has 1 fully saturated rings. The zero-order valence-electron chi connectivity index (χ0n) is 39.2. The van der Waals surface area contributed by atoms with Crippen molar-refractivity contribution < 1.29 is 67.7 Å². The summed E-state index contributed by atoms with van der Waals surface area (Å²) in [6.45, 7) is 6.98. The van der Waals surface area contributed by atoms with Gasteiger partial charge in [0.1, 0.15) is 42.3 Å². The molecular formula is C44H67N11O14. The van der Waals surface area contributed by atoms with Gasteiger partial charge in [-0.2, -0.15) is 0 Å². The molecule has 0 aliphatic carbocycles. The Morgan fingerprint density at radius 3 is 1.58 bits per heavy atom. The van der Waals surface area contributed by atoms with E-state index in [9.17, 15) is 62.6 Å². The number of carboxylic acids is 2. The smallest absolute Gasteiger partial charge is 0.326 e. The number of carboxylic acid groups (broad SMARTS) is 2. The number of carbonyl (C=O) groups is 12. The summed E-state index contributed by atoms with van der Waals surface area (Å²) in [6, 6.07) is -3.28. The van der Waals surface area contributed by atoms with E-state index in [1.54, 1.807) is 58.0 Å². The van der Waals surface area contributed by atoms with Gasteiger partial charge in [0, 0.05) is 25.8 Å². The minimum atomic E-state index is -1.71. The Labute approximate surface area is 398 Å². The normalized spacial score (nSPS) is 16.3. The van der Waals surface area contributed by atoms with E-state index in [-0.39, 0.29) is 56.9 Å². The molecule has 0 unspecified atom stereocenters. The summed E-state index contributed by atoms with van der Waals surface area (Å²) in [4.78, 5) is 156. The first-order valence-electron chi connectivity index (χ1n) is 22.5. The van der Waals surface area contributed by atoms with Gasteiger partial charge >= 0.3 is 11.9 Å². The van der Waals surface area contributed by atoms with Crippen molar-refractivity contribution in [1.29, 1.82) is 0 Å². The second kappa shape index (κ2) is 28.2. The van der Waals surface area contributed by atoms with E-state index < -0.39 is 145 Å². The van der Waals surface area contributed by atoms with Crippen LogP contribution in [0.5, 0.6) is 0 Å². The number of benzene rings is 1. The highest BCUT2D eigenvalue weighted by molar-refractivity contribution is 5.99. The first-order valence-corrected chi connectivity index (χ1v) is 22.5. The molecule has 1 heterocycles.